The summed E-state index contributed by atoms with van der Waals surface area (Å²) in [6.07, 6.45) is 2.04. The van der Waals surface area contributed by atoms with E-state index >= 15 is 0 Å². The highest BCUT2D eigenvalue weighted by Crippen LogP contribution is 2.18. The minimum atomic E-state index is -0.0899. The summed E-state index contributed by atoms with van der Waals surface area (Å²) in [6, 6.07) is 1.81. The number of anilines is 1. The topological polar surface area (TPSA) is 69.8 Å². The van der Waals surface area contributed by atoms with Gasteiger partial charge in [-0.05, 0) is 31.2 Å². The first-order valence-corrected chi connectivity index (χ1v) is 6.66. The van der Waals surface area contributed by atoms with Crippen LogP contribution < -0.4 is 10.6 Å². The molecule has 18 heavy (non-hydrogen) atoms. The van der Waals surface area contributed by atoms with Crippen LogP contribution in [-0.2, 0) is 4.79 Å². The molecule has 0 bridgehead atoms. The SMILES string of the molecule is CC1CCNC(C(=O)Nc2cc(C(C)C)[nH]n2)C1. The van der Waals surface area contributed by atoms with Crippen molar-refractivity contribution < 1.29 is 4.79 Å². The molecule has 1 saturated heterocycles. The normalized spacial score (nSPS) is 24.2. The number of carbonyl (C=O) groups excluding carboxylic acids is 1. The van der Waals surface area contributed by atoms with Crippen LogP contribution in [0.2, 0.25) is 0 Å². The molecule has 0 aliphatic carbocycles. The van der Waals surface area contributed by atoms with Gasteiger partial charge >= 0.3 is 0 Å². The molecule has 2 unspecified atom stereocenters. The summed E-state index contributed by atoms with van der Waals surface area (Å²) < 4.78 is 0. The molecular formula is C13H22N4O. The number of nitrogens with one attached hydrogen (secondary N) is 3. The number of rotatable bonds is 3. The van der Waals surface area contributed by atoms with Crippen molar-refractivity contribution in [2.45, 2.75) is 45.6 Å². The minimum Gasteiger partial charge on any atom is -0.308 e. The zero-order valence-electron chi connectivity index (χ0n) is 11.3. The van der Waals surface area contributed by atoms with E-state index in [2.05, 4.69) is 41.6 Å². The standard InChI is InChI=1S/C13H22N4O/c1-8(2)10-7-12(17-16-10)15-13(18)11-6-9(3)4-5-14-11/h7-9,11,14H,4-6H2,1-3H3,(H2,15,16,17,18). The number of aromatic nitrogens is 2. The van der Waals surface area contributed by atoms with E-state index in [-0.39, 0.29) is 11.9 Å². The molecule has 1 aromatic heterocycles. The predicted molar refractivity (Wildman–Crippen MR) is 71.5 cm³/mol. The summed E-state index contributed by atoms with van der Waals surface area (Å²) in [5.74, 6) is 1.62. The van der Waals surface area contributed by atoms with Crippen LogP contribution in [0.5, 0.6) is 0 Å². The highest BCUT2D eigenvalue weighted by molar-refractivity contribution is 5.94. The van der Waals surface area contributed by atoms with Gasteiger partial charge in [-0.15, -0.1) is 0 Å². The summed E-state index contributed by atoms with van der Waals surface area (Å²) in [6.45, 7) is 7.27. The Balaban J connectivity index is 1.93. The fourth-order valence-electron chi connectivity index (χ4n) is 2.22. The molecule has 1 aliphatic heterocycles. The molecule has 1 fully saturated rings. The molecule has 2 rings (SSSR count). The van der Waals surface area contributed by atoms with Crippen molar-refractivity contribution in [3.05, 3.63) is 11.8 Å². The maximum Gasteiger partial charge on any atom is 0.242 e. The third kappa shape index (κ3) is 3.10. The fourth-order valence-corrected chi connectivity index (χ4v) is 2.22. The highest BCUT2D eigenvalue weighted by atomic mass is 16.2. The number of carbonyl (C=O) groups is 1. The van der Waals surface area contributed by atoms with Crippen LogP contribution in [0.1, 0.15) is 45.2 Å². The lowest BCUT2D eigenvalue weighted by atomic mass is 9.94. The van der Waals surface area contributed by atoms with Gasteiger partial charge in [-0.25, -0.2) is 0 Å². The number of hydrogen-bond donors (Lipinski definition) is 3. The van der Waals surface area contributed by atoms with Crippen LogP contribution in [0.25, 0.3) is 0 Å². The summed E-state index contributed by atoms with van der Waals surface area (Å²) >= 11 is 0. The number of H-pyrrole nitrogens is 1. The van der Waals surface area contributed by atoms with Crippen LogP contribution in [0.15, 0.2) is 6.07 Å². The molecular weight excluding hydrogens is 228 g/mol. The first-order chi connectivity index (χ1) is 8.56. The molecule has 0 radical (unpaired) electrons. The first kappa shape index (κ1) is 13.1. The Morgan fingerprint density at radius 2 is 2.33 bits per heavy atom. The van der Waals surface area contributed by atoms with Gasteiger partial charge in [0.2, 0.25) is 5.91 Å². The molecule has 1 aliphatic rings. The Labute approximate surface area is 108 Å². The average Bonchev–Trinajstić information content (AvgIpc) is 2.77. The largest absolute Gasteiger partial charge is 0.308 e. The lowest BCUT2D eigenvalue weighted by Crippen LogP contribution is -2.45. The molecule has 2 heterocycles. The van der Waals surface area contributed by atoms with Gasteiger partial charge in [0.05, 0.1) is 6.04 Å². The molecule has 0 aromatic carbocycles. The summed E-state index contributed by atoms with van der Waals surface area (Å²) in [7, 11) is 0. The average molecular weight is 250 g/mol. The van der Waals surface area contributed by atoms with Crippen molar-refractivity contribution in [2.24, 2.45) is 5.92 Å². The van der Waals surface area contributed by atoms with Gasteiger partial charge in [0.1, 0.15) is 0 Å². The lowest BCUT2D eigenvalue weighted by molar-refractivity contribution is -0.119. The quantitative estimate of drug-likeness (QED) is 0.767. The Morgan fingerprint density at radius 3 is 2.94 bits per heavy atom. The van der Waals surface area contributed by atoms with Gasteiger partial charge in [-0.1, -0.05) is 20.8 Å². The number of aromatic amines is 1. The second-order valence-electron chi connectivity index (χ2n) is 5.49. The van der Waals surface area contributed by atoms with E-state index in [4.69, 9.17) is 0 Å². The van der Waals surface area contributed by atoms with E-state index < -0.39 is 0 Å². The Kier molecular flexibility index (Phi) is 4.01. The van der Waals surface area contributed by atoms with Gasteiger partial charge in [0, 0.05) is 11.8 Å². The molecule has 1 aromatic rings. The molecule has 100 valence electrons. The van der Waals surface area contributed by atoms with E-state index in [0.29, 0.717) is 17.7 Å². The van der Waals surface area contributed by atoms with Crippen LogP contribution in [0.4, 0.5) is 5.82 Å². The lowest BCUT2D eigenvalue weighted by Gasteiger charge is -2.26. The van der Waals surface area contributed by atoms with Gasteiger partial charge < -0.3 is 10.6 Å². The van der Waals surface area contributed by atoms with E-state index in [1.807, 2.05) is 6.07 Å². The highest BCUT2D eigenvalue weighted by Gasteiger charge is 2.24. The van der Waals surface area contributed by atoms with E-state index in [0.717, 1.165) is 25.1 Å². The molecule has 2 atom stereocenters. The van der Waals surface area contributed by atoms with Crippen molar-refractivity contribution >= 4 is 11.7 Å². The third-order valence-corrected chi connectivity index (χ3v) is 3.45. The Morgan fingerprint density at radius 1 is 1.56 bits per heavy atom. The van der Waals surface area contributed by atoms with Crippen molar-refractivity contribution in [3.8, 4) is 0 Å². The van der Waals surface area contributed by atoms with Crippen molar-refractivity contribution in [2.75, 3.05) is 11.9 Å². The molecule has 3 N–H and O–H groups in total. The van der Waals surface area contributed by atoms with Gasteiger partial charge in [0.25, 0.3) is 0 Å². The van der Waals surface area contributed by atoms with Crippen LogP contribution in [0, 0.1) is 5.92 Å². The Bertz CT molecular complexity index is 413. The van der Waals surface area contributed by atoms with Crippen LogP contribution >= 0.6 is 0 Å². The smallest absolute Gasteiger partial charge is 0.242 e. The molecule has 1 amide bonds. The molecule has 0 spiro atoms. The number of piperidine rings is 1. The first-order valence-electron chi connectivity index (χ1n) is 6.66. The minimum absolute atomic E-state index is 0.0170. The van der Waals surface area contributed by atoms with E-state index in [1.165, 1.54) is 0 Å². The van der Waals surface area contributed by atoms with Gasteiger partial charge in [-0.3, -0.25) is 9.89 Å². The van der Waals surface area contributed by atoms with Crippen LogP contribution in [0.3, 0.4) is 0 Å². The van der Waals surface area contributed by atoms with E-state index in [9.17, 15) is 4.79 Å². The van der Waals surface area contributed by atoms with Crippen molar-refractivity contribution in [1.29, 1.82) is 0 Å². The number of amides is 1. The maximum absolute atomic E-state index is 12.1. The third-order valence-electron chi connectivity index (χ3n) is 3.45. The van der Waals surface area contributed by atoms with Crippen molar-refractivity contribution in [3.63, 3.8) is 0 Å². The van der Waals surface area contributed by atoms with E-state index in [1.54, 1.807) is 0 Å². The molecule has 5 nitrogen and oxygen atoms in total. The van der Waals surface area contributed by atoms with Crippen molar-refractivity contribution in [1.82, 2.24) is 15.5 Å². The van der Waals surface area contributed by atoms with Gasteiger partial charge in [0.15, 0.2) is 5.82 Å². The Hall–Kier alpha value is -1.36. The van der Waals surface area contributed by atoms with Gasteiger partial charge in [-0.2, -0.15) is 5.10 Å². The number of hydrogen-bond acceptors (Lipinski definition) is 3. The summed E-state index contributed by atoms with van der Waals surface area (Å²) in [4.78, 5) is 12.1. The second kappa shape index (κ2) is 5.52. The molecule has 0 saturated carbocycles. The second-order valence-corrected chi connectivity index (χ2v) is 5.49. The maximum atomic E-state index is 12.1. The monoisotopic (exact) mass is 250 g/mol. The zero-order chi connectivity index (χ0) is 13.1. The zero-order valence-corrected chi connectivity index (χ0v) is 11.3. The van der Waals surface area contributed by atoms with Crippen LogP contribution in [-0.4, -0.2) is 28.7 Å². The predicted octanol–water partition coefficient (Wildman–Crippen LogP) is 1.86. The summed E-state index contributed by atoms with van der Waals surface area (Å²) in [5, 5.41) is 13.2. The number of nitrogens with zero attached hydrogens (tertiary/aromatic N) is 1. The summed E-state index contributed by atoms with van der Waals surface area (Å²) in [5.41, 5.74) is 1.04. The molecule has 5 heteroatoms. The fraction of sp³-hybridized carbons (Fsp3) is 0.692.